The van der Waals surface area contributed by atoms with Gasteiger partial charge in [-0.1, -0.05) is 183 Å². The quantitative estimate of drug-likeness (QED) is 0.169. The Labute approximate surface area is 491 Å². The van der Waals surface area contributed by atoms with E-state index in [1.165, 1.54) is 6.42 Å². The molecule has 1 aliphatic rings. The molecule has 1 fully saturated rings. The molecular weight excluding hydrogens is 971 g/mol. The number of nitrogens with one attached hydrogen (secondary N) is 4. The summed E-state index contributed by atoms with van der Waals surface area (Å²) in [5.41, 5.74) is 10.6. The number of rotatable bonds is 10. The lowest BCUT2D eigenvalue weighted by Gasteiger charge is -2.44. The second kappa shape index (κ2) is 37.0. The lowest BCUT2D eigenvalue weighted by Crippen LogP contribution is -2.50. The van der Waals surface area contributed by atoms with Gasteiger partial charge in [0.25, 0.3) is 0 Å². The molecule has 0 aliphatic carbocycles. The zero-order valence-corrected chi connectivity index (χ0v) is 56.3. The standard InChI is InChI=1S/C63H115N11.C3H8.C2H6/c1-32-58-54(21)69(26)39-47(14)71(28)59(33-40(2)3)52(19)67-63(44(10)11)57(24)74(31)60(34-41(4)5)51(18)66-49(16)48(15)65-50(17)53(20)72(29)62(36-43(8)9)56(23)73(30)61(35-42(6)7)55(22)70(27)38-46(13)68(25)37-45(12)64-58;1-3-2;1-2/h40-44,49-50,58-67H,12-15,18-24,32-39H2,1-11,16-17,25-31H3;3H2,1-2H3;1-2H3/t49?,50-,58+,59?,60+,61?,62?,63?;;/m1../s1. The van der Waals surface area contributed by atoms with Crippen LogP contribution < -0.4 is 21.3 Å². The molecule has 0 spiro atoms. The van der Waals surface area contributed by atoms with Gasteiger partial charge < -0.3 is 55.6 Å². The Morgan fingerprint density at radius 2 is 0.772 bits per heavy atom. The minimum Gasteiger partial charge on any atom is -0.379 e. The fourth-order valence-corrected chi connectivity index (χ4v) is 9.96. The van der Waals surface area contributed by atoms with E-state index in [1.807, 2.05) is 13.8 Å². The van der Waals surface area contributed by atoms with Crippen molar-refractivity contribution in [1.82, 2.24) is 55.6 Å². The lowest BCUT2D eigenvalue weighted by atomic mass is 9.94. The van der Waals surface area contributed by atoms with E-state index in [-0.39, 0.29) is 54.3 Å². The highest BCUT2D eigenvalue weighted by molar-refractivity contribution is 5.23. The molecule has 5 unspecified atom stereocenters. The molecule has 1 heterocycles. The van der Waals surface area contributed by atoms with Crippen molar-refractivity contribution in [3.63, 3.8) is 0 Å². The zero-order chi connectivity index (χ0) is 62.1. The minimum atomic E-state index is -0.126. The summed E-state index contributed by atoms with van der Waals surface area (Å²) in [6, 6.07) is -0.366. The highest BCUT2D eigenvalue weighted by Crippen LogP contribution is 2.31. The predicted octanol–water partition coefficient (Wildman–Crippen LogP) is 14.2. The van der Waals surface area contributed by atoms with Gasteiger partial charge in [0, 0.05) is 112 Å². The second-order valence-corrected chi connectivity index (χ2v) is 24.8. The molecule has 0 bridgehead atoms. The summed E-state index contributed by atoms with van der Waals surface area (Å²) in [7, 11) is 14.9. The maximum Gasteiger partial charge on any atom is 0.0681 e. The first kappa shape index (κ1) is 76.0. The van der Waals surface area contributed by atoms with Crippen LogP contribution in [0.15, 0.2) is 135 Å². The first-order chi connectivity index (χ1) is 36.5. The molecule has 0 aromatic heterocycles. The summed E-state index contributed by atoms with van der Waals surface area (Å²) in [5, 5.41) is 15.1. The first-order valence-electron chi connectivity index (χ1n) is 30.1. The van der Waals surface area contributed by atoms with E-state index in [0.717, 1.165) is 94.8 Å². The Kier molecular flexibility index (Phi) is 35.6. The Hall–Kier alpha value is -5.06. The summed E-state index contributed by atoms with van der Waals surface area (Å²) in [4.78, 5) is 15.9. The summed E-state index contributed by atoms with van der Waals surface area (Å²) >= 11 is 0. The summed E-state index contributed by atoms with van der Waals surface area (Å²) in [5.74, 6) is 1.89. The molecule has 0 saturated carbocycles. The molecular formula is C68H129N11. The van der Waals surface area contributed by atoms with Crippen molar-refractivity contribution in [3.8, 4) is 0 Å². The van der Waals surface area contributed by atoms with Gasteiger partial charge in [-0.3, -0.25) is 0 Å². The van der Waals surface area contributed by atoms with Crippen molar-refractivity contribution >= 4 is 0 Å². The summed E-state index contributed by atoms with van der Waals surface area (Å²) < 4.78 is 0. The number of hydrogen-bond acceptors (Lipinski definition) is 11. The molecule has 11 nitrogen and oxygen atoms in total. The number of hydrogen-bond donors (Lipinski definition) is 4. The summed E-state index contributed by atoms with van der Waals surface area (Å²) in [6.45, 7) is 90.5. The van der Waals surface area contributed by atoms with Crippen molar-refractivity contribution in [1.29, 1.82) is 0 Å². The normalized spacial score (nSPS) is 24.7. The third-order valence-corrected chi connectivity index (χ3v) is 15.2. The van der Waals surface area contributed by atoms with Crippen LogP contribution >= 0.6 is 0 Å². The SMILES string of the molecule is C=C1CN(C)C(=C)CN(C)C(=C)C(CC(C)C)N(C)C(=C)C(CC(C)C)N(C)C(=C)[C@@H](C)NC(=C)C(C)NC(=C)[C@H](CC(C)C)N(C)C(=C)C(C(C)C)NC(=C)C(CC(C)C)N(C)C(=C)CN(C)C(=C)[C@H](CC)N1.CC.CCC. The minimum absolute atomic E-state index is 0.00324. The van der Waals surface area contributed by atoms with Gasteiger partial charge in [-0.25, -0.2) is 0 Å². The number of likely N-dealkylation sites (N-methyl/N-ethyl adjacent to an activating group) is 7. The molecule has 4 N–H and O–H groups in total. The smallest absolute Gasteiger partial charge is 0.0681 e. The van der Waals surface area contributed by atoms with Gasteiger partial charge in [0.2, 0.25) is 0 Å². The Morgan fingerprint density at radius 1 is 0.405 bits per heavy atom. The molecule has 0 amide bonds. The molecule has 11 heteroatoms. The maximum atomic E-state index is 4.82. The van der Waals surface area contributed by atoms with E-state index in [0.29, 0.717) is 43.3 Å². The maximum absolute atomic E-state index is 4.82. The monoisotopic (exact) mass is 1100 g/mol. The molecule has 1 aliphatic heterocycles. The van der Waals surface area contributed by atoms with Crippen molar-refractivity contribution in [3.05, 3.63) is 135 Å². The van der Waals surface area contributed by atoms with Crippen LogP contribution in [0.3, 0.4) is 0 Å². The molecule has 0 aromatic carbocycles. The summed E-state index contributed by atoms with van der Waals surface area (Å²) in [6.07, 6.45) is 5.71. The Balaban J connectivity index is 0. The van der Waals surface area contributed by atoms with E-state index >= 15 is 0 Å². The van der Waals surface area contributed by atoms with Gasteiger partial charge in [0.15, 0.2) is 0 Å². The van der Waals surface area contributed by atoms with Crippen LogP contribution in [0.4, 0.5) is 0 Å². The molecule has 8 atom stereocenters. The molecule has 0 aromatic rings. The molecule has 1 saturated heterocycles. The molecule has 456 valence electrons. The number of nitrogens with zero attached hydrogens (tertiary/aromatic N) is 7. The van der Waals surface area contributed by atoms with Gasteiger partial charge >= 0.3 is 0 Å². The van der Waals surface area contributed by atoms with E-state index in [4.69, 9.17) is 26.3 Å². The predicted molar refractivity (Wildman–Crippen MR) is 354 cm³/mol. The van der Waals surface area contributed by atoms with Crippen LogP contribution in [0, 0.1) is 29.6 Å². The Morgan fingerprint density at radius 3 is 1.22 bits per heavy atom. The molecule has 0 radical (unpaired) electrons. The van der Waals surface area contributed by atoms with Crippen LogP contribution in [0.25, 0.3) is 0 Å². The van der Waals surface area contributed by atoms with Gasteiger partial charge in [-0.2, -0.15) is 0 Å². The van der Waals surface area contributed by atoms with Crippen LogP contribution in [-0.2, 0) is 0 Å². The van der Waals surface area contributed by atoms with E-state index < -0.39 is 0 Å². The third-order valence-electron chi connectivity index (χ3n) is 15.2. The van der Waals surface area contributed by atoms with Gasteiger partial charge in [-0.15, -0.1) is 0 Å². The molecule has 79 heavy (non-hydrogen) atoms. The van der Waals surface area contributed by atoms with Gasteiger partial charge in [0.1, 0.15) is 0 Å². The lowest BCUT2D eigenvalue weighted by molar-refractivity contribution is 0.188. The largest absolute Gasteiger partial charge is 0.379 e. The average Bonchev–Trinajstić information content (AvgIpc) is 3.36. The highest BCUT2D eigenvalue weighted by atomic mass is 15.3. The van der Waals surface area contributed by atoms with E-state index in [1.54, 1.807) is 0 Å². The fourth-order valence-electron chi connectivity index (χ4n) is 9.96. The van der Waals surface area contributed by atoms with Crippen LogP contribution in [0.2, 0.25) is 0 Å². The van der Waals surface area contributed by atoms with Crippen molar-refractivity contribution in [2.45, 2.75) is 205 Å². The van der Waals surface area contributed by atoms with E-state index in [2.05, 4.69) is 255 Å². The van der Waals surface area contributed by atoms with E-state index in [9.17, 15) is 0 Å². The Bertz CT molecular complexity index is 1970. The third kappa shape index (κ3) is 25.1. The first-order valence-corrected chi connectivity index (χ1v) is 30.1. The second-order valence-electron chi connectivity index (χ2n) is 24.8. The molecule has 1 rings (SSSR count). The average molecular weight is 1100 g/mol. The highest BCUT2D eigenvalue weighted by Gasteiger charge is 2.33. The fraction of sp³-hybridized carbons (Fsp3) is 0.676. The van der Waals surface area contributed by atoms with Crippen molar-refractivity contribution < 1.29 is 0 Å². The van der Waals surface area contributed by atoms with Gasteiger partial charge in [-0.05, 0) is 75.5 Å². The van der Waals surface area contributed by atoms with Crippen LogP contribution in [0.1, 0.15) is 156 Å². The topological polar surface area (TPSA) is 70.8 Å². The van der Waals surface area contributed by atoms with Crippen LogP contribution in [-0.4, -0.2) is 152 Å². The van der Waals surface area contributed by atoms with Crippen molar-refractivity contribution in [2.75, 3.05) is 69.0 Å². The van der Waals surface area contributed by atoms with Gasteiger partial charge in [0.05, 0.1) is 68.0 Å². The zero-order valence-electron chi connectivity index (χ0n) is 56.3. The van der Waals surface area contributed by atoms with Crippen LogP contribution in [0.5, 0.6) is 0 Å². The van der Waals surface area contributed by atoms with Crippen molar-refractivity contribution in [2.24, 2.45) is 29.6 Å².